The maximum Gasteiger partial charge on any atom is 0.0357 e. The lowest BCUT2D eigenvalue weighted by Crippen LogP contribution is -2.53. The molecule has 2 nitrogen and oxygen atoms in total. The lowest BCUT2D eigenvalue weighted by molar-refractivity contribution is 0.106. The van der Waals surface area contributed by atoms with Gasteiger partial charge in [0.25, 0.3) is 0 Å². The van der Waals surface area contributed by atoms with E-state index in [1.54, 1.807) is 0 Å². The molecule has 1 heterocycles. The maximum atomic E-state index is 6.19. The van der Waals surface area contributed by atoms with Gasteiger partial charge in [0.2, 0.25) is 0 Å². The molecule has 0 bridgehead atoms. The van der Waals surface area contributed by atoms with Crippen molar-refractivity contribution in [3.05, 3.63) is 0 Å². The van der Waals surface area contributed by atoms with Crippen LogP contribution in [0, 0.1) is 0 Å². The molecular weight excluding hydrogens is 148 g/mol. The predicted molar refractivity (Wildman–Crippen MR) is 51.0 cm³/mol. The molecule has 70 valence electrons. The van der Waals surface area contributed by atoms with Crippen molar-refractivity contribution in [2.24, 2.45) is 5.73 Å². The largest absolute Gasteiger partial charge is 0.326 e. The SMILES string of the molecule is CN1CCC(N)C12CCCCC2. The molecule has 0 radical (unpaired) electrons. The summed E-state index contributed by atoms with van der Waals surface area (Å²) in [7, 11) is 2.25. The summed E-state index contributed by atoms with van der Waals surface area (Å²) < 4.78 is 0. The first-order valence-electron chi connectivity index (χ1n) is 5.22. The van der Waals surface area contributed by atoms with Crippen molar-refractivity contribution in [3.8, 4) is 0 Å². The first-order chi connectivity index (χ1) is 5.76. The highest BCUT2D eigenvalue weighted by atomic mass is 15.2. The average molecular weight is 168 g/mol. The van der Waals surface area contributed by atoms with E-state index in [0.717, 1.165) is 0 Å². The van der Waals surface area contributed by atoms with Gasteiger partial charge in [-0.25, -0.2) is 0 Å². The van der Waals surface area contributed by atoms with Crippen LogP contribution in [0.25, 0.3) is 0 Å². The molecule has 2 N–H and O–H groups in total. The molecule has 1 saturated carbocycles. The number of hydrogen-bond acceptors (Lipinski definition) is 2. The molecule has 12 heavy (non-hydrogen) atoms. The Morgan fingerprint density at radius 2 is 1.92 bits per heavy atom. The van der Waals surface area contributed by atoms with Crippen molar-refractivity contribution < 1.29 is 0 Å². The van der Waals surface area contributed by atoms with Crippen LogP contribution < -0.4 is 5.73 Å². The van der Waals surface area contributed by atoms with Crippen molar-refractivity contribution in [3.63, 3.8) is 0 Å². The fourth-order valence-electron chi connectivity index (χ4n) is 3.02. The van der Waals surface area contributed by atoms with Crippen LogP contribution in [0.4, 0.5) is 0 Å². The molecule has 1 spiro atoms. The van der Waals surface area contributed by atoms with Crippen LogP contribution in [0.1, 0.15) is 38.5 Å². The van der Waals surface area contributed by atoms with Crippen molar-refractivity contribution in [1.82, 2.24) is 4.90 Å². The molecule has 2 aliphatic rings. The number of likely N-dealkylation sites (N-methyl/N-ethyl adjacent to an activating group) is 1. The first-order valence-corrected chi connectivity index (χ1v) is 5.22. The van der Waals surface area contributed by atoms with E-state index in [1.165, 1.54) is 45.1 Å². The Labute approximate surface area is 75.1 Å². The van der Waals surface area contributed by atoms with Gasteiger partial charge in [-0.05, 0) is 32.9 Å². The first kappa shape index (κ1) is 8.52. The smallest absolute Gasteiger partial charge is 0.0357 e. The lowest BCUT2D eigenvalue weighted by atomic mass is 9.77. The van der Waals surface area contributed by atoms with Crippen molar-refractivity contribution in [1.29, 1.82) is 0 Å². The summed E-state index contributed by atoms with van der Waals surface area (Å²) in [5.74, 6) is 0. The summed E-state index contributed by atoms with van der Waals surface area (Å²) in [6, 6.07) is 0.447. The number of likely N-dealkylation sites (tertiary alicyclic amines) is 1. The van der Waals surface area contributed by atoms with E-state index in [4.69, 9.17) is 5.73 Å². The predicted octanol–water partition coefficient (Wildman–Crippen LogP) is 1.35. The molecule has 1 unspecified atom stereocenters. The van der Waals surface area contributed by atoms with Crippen LogP contribution in [-0.4, -0.2) is 30.1 Å². The fourth-order valence-corrected chi connectivity index (χ4v) is 3.02. The third-order valence-electron chi connectivity index (χ3n) is 3.95. The molecule has 2 fully saturated rings. The number of nitrogens with zero attached hydrogens (tertiary/aromatic N) is 1. The molecule has 0 aromatic carbocycles. The Hall–Kier alpha value is -0.0800. The van der Waals surface area contributed by atoms with E-state index in [-0.39, 0.29) is 0 Å². The Bertz CT molecular complexity index is 149. The number of rotatable bonds is 0. The van der Waals surface area contributed by atoms with E-state index in [0.29, 0.717) is 11.6 Å². The van der Waals surface area contributed by atoms with Crippen molar-refractivity contribution >= 4 is 0 Å². The lowest BCUT2D eigenvalue weighted by Gasteiger charge is -2.42. The molecule has 0 amide bonds. The van der Waals surface area contributed by atoms with Gasteiger partial charge in [0.05, 0.1) is 0 Å². The molecule has 0 aromatic rings. The van der Waals surface area contributed by atoms with Gasteiger partial charge in [0, 0.05) is 11.6 Å². The zero-order valence-corrected chi connectivity index (χ0v) is 8.05. The monoisotopic (exact) mass is 168 g/mol. The minimum Gasteiger partial charge on any atom is -0.326 e. The third-order valence-corrected chi connectivity index (χ3v) is 3.95. The fraction of sp³-hybridized carbons (Fsp3) is 1.00. The topological polar surface area (TPSA) is 29.3 Å². The minimum absolute atomic E-state index is 0.401. The highest BCUT2D eigenvalue weighted by Crippen LogP contribution is 2.39. The summed E-state index contributed by atoms with van der Waals surface area (Å²) in [6.45, 7) is 1.21. The number of hydrogen-bond donors (Lipinski definition) is 1. The summed E-state index contributed by atoms with van der Waals surface area (Å²) in [6.07, 6.45) is 8.07. The van der Waals surface area contributed by atoms with Gasteiger partial charge in [0.1, 0.15) is 0 Å². The van der Waals surface area contributed by atoms with E-state index < -0.39 is 0 Å². The standard InChI is InChI=1S/C10H20N2/c1-12-8-5-9(11)10(12)6-3-2-4-7-10/h9H,2-8,11H2,1H3. The Morgan fingerprint density at radius 1 is 1.25 bits per heavy atom. The van der Waals surface area contributed by atoms with Crippen LogP contribution in [0.2, 0.25) is 0 Å². The van der Waals surface area contributed by atoms with E-state index in [1.807, 2.05) is 0 Å². The Kier molecular flexibility index (Phi) is 2.13. The highest BCUT2D eigenvalue weighted by Gasteiger charge is 2.45. The Morgan fingerprint density at radius 3 is 2.42 bits per heavy atom. The van der Waals surface area contributed by atoms with Gasteiger partial charge >= 0.3 is 0 Å². The quantitative estimate of drug-likeness (QED) is 0.591. The van der Waals surface area contributed by atoms with Crippen LogP contribution >= 0.6 is 0 Å². The molecule has 1 atom stereocenters. The zero-order valence-electron chi connectivity index (χ0n) is 8.05. The van der Waals surface area contributed by atoms with Crippen molar-refractivity contribution in [2.45, 2.75) is 50.1 Å². The van der Waals surface area contributed by atoms with Gasteiger partial charge in [0.15, 0.2) is 0 Å². The summed E-state index contributed by atoms with van der Waals surface area (Å²) in [5, 5.41) is 0. The second-order valence-electron chi connectivity index (χ2n) is 4.48. The zero-order chi connectivity index (χ0) is 8.60. The van der Waals surface area contributed by atoms with E-state index in [2.05, 4.69) is 11.9 Å². The third kappa shape index (κ3) is 1.09. The highest BCUT2D eigenvalue weighted by molar-refractivity contribution is 5.04. The normalized spacial score (nSPS) is 36.0. The van der Waals surface area contributed by atoms with Crippen LogP contribution in [0.15, 0.2) is 0 Å². The summed E-state index contributed by atoms with van der Waals surface area (Å²) in [5.41, 5.74) is 6.59. The second kappa shape index (κ2) is 3.00. The van der Waals surface area contributed by atoms with E-state index >= 15 is 0 Å². The number of nitrogens with two attached hydrogens (primary N) is 1. The van der Waals surface area contributed by atoms with Gasteiger partial charge in [-0.15, -0.1) is 0 Å². The molecule has 1 saturated heterocycles. The Balaban J connectivity index is 2.14. The van der Waals surface area contributed by atoms with Gasteiger partial charge in [-0.2, -0.15) is 0 Å². The van der Waals surface area contributed by atoms with Crippen LogP contribution in [0.3, 0.4) is 0 Å². The molecule has 2 heteroatoms. The van der Waals surface area contributed by atoms with Crippen LogP contribution in [0.5, 0.6) is 0 Å². The van der Waals surface area contributed by atoms with Gasteiger partial charge in [-0.3, -0.25) is 4.90 Å². The van der Waals surface area contributed by atoms with Crippen molar-refractivity contribution in [2.75, 3.05) is 13.6 Å². The minimum atomic E-state index is 0.401. The van der Waals surface area contributed by atoms with Gasteiger partial charge in [-0.1, -0.05) is 19.3 Å². The van der Waals surface area contributed by atoms with Crippen LogP contribution in [-0.2, 0) is 0 Å². The maximum absolute atomic E-state index is 6.19. The molecule has 2 rings (SSSR count). The van der Waals surface area contributed by atoms with Gasteiger partial charge < -0.3 is 5.73 Å². The molecule has 1 aliphatic heterocycles. The van der Waals surface area contributed by atoms with E-state index in [9.17, 15) is 0 Å². The molecule has 0 aromatic heterocycles. The second-order valence-corrected chi connectivity index (χ2v) is 4.48. The molecular formula is C10H20N2. The summed E-state index contributed by atoms with van der Waals surface area (Å²) in [4.78, 5) is 2.51. The molecule has 1 aliphatic carbocycles. The average Bonchev–Trinajstić information content (AvgIpc) is 2.36. The summed E-state index contributed by atoms with van der Waals surface area (Å²) >= 11 is 0.